The van der Waals surface area contributed by atoms with Crippen LogP contribution in [0.15, 0.2) is 54.6 Å². The van der Waals surface area contributed by atoms with E-state index in [1.807, 2.05) is 62.7 Å². The SMILES string of the molecule is CC(C)c1ccc(-n2nc(C(C)(C)C)cc2NC(=O)Cc2ccc(B3OC(C)(C)C(C)(C)O3)cc2)cc1.[HH]. The van der Waals surface area contributed by atoms with Gasteiger partial charge in [0.15, 0.2) is 0 Å². The lowest BCUT2D eigenvalue weighted by atomic mass is 9.79. The average molecular weight is 503 g/mol. The summed E-state index contributed by atoms with van der Waals surface area (Å²) in [5.41, 5.74) is 4.04. The predicted octanol–water partition coefficient (Wildman–Crippen LogP) is 6.02. The van der Waals surface area contributed by atoms with Crippen molar-refractivity contribution in [2.75, 3.05) is 5.32 Å². The first-order chi connectivity index (χ1) is 17.2. The molecule has 1 fully saturated rings. The van der Waals surface area contributed by atoms with Crippen molar-refractivity contribution in [3.05, 3.63) is 71.4 Å². The van der Waals surface area contributed by atoms with Gasteiger partial charge in [0.25, 0.3) is 0 Å². The molecule has 0 bridgehead atoms. The van der Waals surface area contributed by atoms with Crippen molar-refractivity contribution in [1.82, 2.24) is 9.78 Å². The monoisotopic (exact) mass is 503 g/mol. The first-order valence-electron chi connectivity index (χ1n) is 13.1. The van der Waals surface area contributed by atoms with Crippen LogP contribution in [0.3, 0.4) is 0 Å². The van der Waals surface area contributed by atoms with Gasteiger partial charge in [-0.2, -0.15) is 5.10 Å². The lowest BCUT2D eigenvalue weighted by molar-refractivity contribution is -0.115. The summed E-state index contributed by atoms with van der Waals surface area (Å²) in [4.78, 5) is 13.1. The number of carbonyl (C=O) groups excluding carboxylic acids is 1. The molecule has 37 heavy (non-hydrogen) atoms. The number of nitrogens with one attached hydrogen (secondary N) is 1. The molecule has 3 aromatic rings. The van der Waals surface area contributed by atoms with Crippen molar-refractivity contribution in [2.45, 2.75) is 91.3 Å². The van der Waals surface area contributed by atoms with Crippen molar-refractivity contribution < 1.29 is 15.5 Å². The lowest BCUT2D eigenvalue weighted by Gasteiger charge is -2.32. The maximum atomic E-state index is 13.1. The molecule has 0 spiro atoms. The number of amides is 1. The Labute approximate surface area is 223 Å². The van der Waals surface area contributed by atoms with E-state index in [9.17, 15) is 4.79 Å². The second-order valence-corrected chi connectivity index (χ2v) is 12.4. The second-order valence-electron chi connectivity index (χ2n) is 12.4. The summed E-state index contributed by atoms with van der Waals surface area (Å²) in [6.07, 6.45) is 0.256. The molecule has 6 nitrogen and oxygen atoms in total. The number of hydrogen-bond acceptors (Lipinski definition) is 4. The van der Waals surface area contributed by atoms with Crippen LogP contribution in [0.1, 0.15) is 86.5 Å². The summed E-state index contributed by atoms with van der Waals surface area (Å²) in [6.45, 7) is 18.9. The highest BCUT2D eigenvalue weighted by atomic mass is 16.7. The van der Waals surface area contributed by atoms with Gasteiger partial charge in [0.05, 0.1) is 29.0 Å². The van der Waals surface area contributed by atoms with Crippen molar-refractivity contribution in [1.29, 1.82) is 0 Å². The van der Waals surface area contributed by atoms with Gasteiger partial charge < -0.3 is 14.6 Å². The standard InChI is InChI=1S/C30H40BN3O3.H2/c1-20(2)22-12-16-24(17-13-22)34-26(19-25(33-34)28(3,4)5)32-27(35)18-21-10-14-23(15-11-21)31-36-29(6,7)30(8,9)37-31;/h10-17,19-20H,18H2,1-9H3,(H,32,35);1H. The summed E-state index contributed by atoms with van der Waals surface area (Å²) in [5.74, 6) is 1.02. The maximum absolute atomic E-state index is 13.1. The van der Waals surface area contributed by atoms with Crippen LogP contribution in [-0.4, -0.2) is 34.0 Å². The van der Waals surface area contributed by atoms with Crippen LogP contribution in [-0.2, 0) is 25.9 Å². The Hall–Kier alpha value is -2.90. The quantitative estimate of drug-likeness (QED) is 0.418. The summed E-state index contributed by atoms with van der Waals surface area (Å²) >= 11 is 0. The lowest BCUT2D eigenvalue weighted by Crippen LogP contribution is -2.41. The first-order valence-corrected chi connectivity index (χ1v) is 13.1. The molecule has 7 heteroatoms. The fraction of sp³-hybridized carbons (Fsp3) is 0.467. The number of carbonyl (C=O) groups is 1. The van der Waals surface area contributed by atoms with Crippen molar-refractivity contribution in [3.63, 3.8) is 0 Å². The number of anilines is 1. The van der Waals surface area contributed by atoms with Gasteiger partial charge in [-0.3, -0.25) is 4.79 Å². The maximum Gasteiger partial charge on any atom is 0.494 e. The molecule has 198 valence electrons. The first kappa shape index (κ1) is 27.1. The van der Waals surface area contributed by atoms with Crippen LogP contribution >= 0.6 is 0 Å². The number of aromatic nitrogens is 2. The van der Waals surface area contributed by atoms with Crippen molar-refractivity contribution in [3.8, 4) is 5.69 Å². The van der Waals surface area contributed by atoms with E-state index in [0.717, 1.165) is 22.4 Å². The molecule has 1 aromatic heterocycles. The molecule has 0 aliphatic carbocycles. The topological polar surface area (TPSA) is 65.4 Å². The third-order valence-electron chi connectivity index (χ3n) is 7.42. The number of hydrogen-bond donors (Lipinski definition) is 1. The van der Waals surface area contributed by atoms with Gasteiger partial charge in [-0.15, -0.1) is 0 Å². The molecule has 4 rings (SSSR count). The summed E-state index contributed by atoms with van der Waals surface area (Å²) in [6, 6.07) is 18.2. The van der Waals surface area contributed by atoms with E-state index in [2.05, 4.69) is 64.2 Å². The summed E-state index contributed by atoms with van der Waals surface area (Å²) in [5, 5.41) is 7.93. The van der Waals surface area contributed by atoms with Crippen molar-refractivity contribution in [2.24, 2.45) is 0 Å². The molecule has 1 aliphatic rings. The summed E-state index contributed by atoms with van der Waals surface area (Å²) in [7, 11) is -0.417. The molecule has 1 amide bonds. The molecule has 1 saturated heterocycles. The zero-order chi connectivity index (χ0) is 27.2. The number of rotatable bonds is 6. The van der Waals surface area contributed by atoms with Crippen LogP contribution in [0.25, 0.3) is 5.69 Å². The van der Waals surface area contributed by atoms with E-state index >= 15 is 0 Å². The molecule has 2 heterocycles. The van der Waals surface area contributed by atoms with Gasteiger partial charge in [-0.1, -0.05) is 71.0 Å². The van der Waals surface area contributed by atoms with E-state index in [-0.39, 0.29) is 30.4 Å². The van der Waals surface area contributed by atoms with Crippen LogP contribution in [0.2, 0.25) is 0 Å². The molecule has 0 atom stereocenters. The Bertz CT molecular complexity index is 1240. The number of nitrogens with zero attached hydrogens (tertiary/aromatic N) is 2. The molecular formula is C30H42BN3O3. The van der Waals surface area contributed by atoms with Gasteiger partial charge >= 0.3 is 7.12 Å². The van der Waals surface area contributed by atoms with Gasteiger partial charge in [-0.25, -0.2) is 4.68 Å². The highest BCUT2D eigenvalue weighted by Gasteiger charge is 2.51. The fourth-order valence-electron chi connectivity index (χ4n) is 4.18. The molecular weight excluding hydrogens is 461 g/mol. The van der Waals surface area contributed by atoms with Gasteiger partial charge in [0.2, 0.25) is 5.91 Å². The minimum Gasteiger partial charge on any atom is -0.399 e. The molecule has 2 aromatic carbocycles. The van der Waals surface area contributed by atoms with E-state index in [0.29, 0.717) is 11.7 Å². The van der Waals surface area contributed by atoms with E-state index in [1.54, 1.807) is 0 Å². The Morgan fingerprint density at radius 3 is 2.08 bits per heavy atom. The van der Waals surface area contributed by atoms with E-state index < -0.39 is 7.12 Å². The Morgan fingerprint density at radius 2 is 1.57 bits per heavy atom. The largest absolute Gasteiger partial charge is 0.494 e. The highest BCUT2D eigenvalue weighted by molar-refractivity contribution is 6.62. The van der Waals surface area contributed by atoms with Gasteiger partial charge in [-0.05, 0) is 62.3 Å². The Morgan fingerprint density at radius 1 is 1.00 bits per heavy atom. The second kappa shape index (κ2) is 9.77. The molecule has 0 radical (unpaired) electrons. The predicted molar refractivity (Wildman–Crippen MR) is 153 cm³/mol. The molecule has 0 saturated carbocycles. The molecule has 1 aliphatic heterocycles. The van der Waals surface area contributed by atoms with Gasteiger partial charge in [0.1, 0.15) is 5.82 Å². The zero-order valence-electron chi connectivity index (χ0n) is 23.7. The number of benzene rings is 2. The highest BCUT2D eigenvalue weighted by Crippen LogP contribution is 2.36. The smallest absolute Gasteiger partial charge is 0.399 e. The minimum absolute atomic E-state index is 0. The van der Waals surface area contributed by atoms with Crippen LogP contribution in [0.5, 0.6) is 0 Å². The van der Waals surface area contributed by atoms with Crippen LogP contribution < -0.4 is 10.8 Å². The third-order valence-corrected chi connectivity index (χ3v) is 7.42. The Kier molecular flexibility index (Phi) is 7.17. The summed E-state index contributed by atoms with van der Waals surface area (Å²) < 4.78 is 14.1. The zero-order valence-corrected chi connectivity index (χ0v) is 23.7. The third kappa shape index (κ3) is 5.83. The fourth-order valence-corrected chi connectivity index (χ4v) is 4.18. The van der Waals surface area contributed by atoms with Gasteiger partial charge in [0, 0.05) is 12.9 Å². The van der Waals surface area contributed by atoms with E-state index in [4.69, 9.17) is 14.4 Å². The molecule has 1 N–H and O–H groups in total. The Balaban J connectivity index is 0.00000400. The average Bonchev–Trinajstić information content (AvgIpc) is 3.31. The molecule has 0 unspecified atom stereocenters. The van der Waals surface area contributed by atoms with Crippen LogP contribution in [0.4, 0.5) is 5.82 Å². The minimum atomic E-state index is -0.417. The van der Waals surface area contributed by atoms with E-state index in [1.165, 1.54) is 5.56 Å². The normalized spacial score (nSPS) is 16.9. The van der Waals surface area contributed by atoms with Crippen molar-refractivity contribution >= 4 is 24.3 Å². The van der Waals surface area contributed by atoms with Crippen LogP contribution in [0, 0.1) is 0 Å².